The molecule has 226 valence electrons. The van der Waals surface area contributed by atoms with Crippen molar-refractivity contribution in [3.05, 3.63) is 83.7 Å². The third-order valence-corrected chi connectivity index (χ3v) is 8.10. The number of ketones is 1. The summed E-state index contributed by atoms with van der Waals surface area (Å²) in [5.41, 5.74) is 8.51. The van der Waals surface area contributed by atoms with Gasteiger partial charge in [0, 0.05) is 35.0 Å². The Morgan fingerprint density at radius 2 is 1.75 bits per heavy atom. The van der Waals surface area contributed by atoms with Crippen molar-refractivity contribution >= 4 is 39.4 Å². The first kappa shape index (κ1) is 29.1. The SMILES string of the molecule is CC(C)(C)OC(=O)N[C@H]1CC[C@H](C(=O)c2nnc(-c3cc4ccc(C(=N)N)cc4n3Cc3cccc4ccccc34)o2)CC1. The van der Waals surface area contributed by atoms with Crippen LogP contribution in [0.1, 0.15) is 68.3 Å². The van der Waals surface area contributed by atoms with Crippen molar-refractivity contribution < 1.29 is 18.7 Å². The van der Waals surface area contributed by atoms with Crippen LogP contribution >= 0.6 is 0 Å². The van der Waals surface area contributed by atoms with E-state index in [-0.39, 0.29) is 35.4 Å². The molecule has 1 aliphatic carbocycles. The minimum Gasteiger partial charge on any atom is -0.444 e. The van der Waals surface area contributed by atoms with E-state index in [0.29, 0.717) is 43.5 Å². The molecule has 0 aliphatic heterocycles. The van der Waals surface area contributed by atoms with Crippen LogP contribution in [0.3, 0.4) is 0 Å². The summed E-state index contributed by atoms with van der Waals surface area (Å²) >= 11 is 0. The van der Waals surface area contributed by atoms with Crippen LogP contribution in [0, 0.1) is 11.3 Å². The fraction of sp³-hybridized carbons (Fsp3) is 0.324. The Bertz CT molecular complexity index is 1870. The van der Waals surface area contributed by atoms with Gasteiger partial charge < -0.3 is 24.8 Å². The number of hydrogen-bond acceptors (Lipinski definition) is 7. The number of hydrogen-bond donors (Lipinski definition) is 3. The molecule has 5 aromatic rings. The van der Waals surface area contributed by atoms with Crippen molar-refractivity contribution in [1.82, 2.24) is 20.1 Å². The lowest BCUT2D eigenvalue weighted by Crippen LogP contribution is -2.41. The number of benzene rings is 3. The third-order valence-electron chi connectivity index (χ3n) is 8.10. The van der Waals surface area contributed by atoms with E-state index in [9.17, 15) is 9.59 Å². The van der Waals surface area contributed by atoms with Crippen molar-refractivity contribution in [3.8, 4) is 11.6 Å². The molecule has 1 amide bonds. The maximum Gasteiger partial charge on any atom is 0.407 e. The highest BCUT2D eigenvalue weighted by Crippen LogP contribution is 2.32. The molecule has 6 rings (SSSR count). The van der Waals surface area contributed by atoms with E-state index >= 15 is 0 Å². The van der Waals surface area contributed by atoms with Crippen LogP contribution in [0.15, 0.2) is 71.1 Å². The molecule has 4 N–H and O–H groups in total. The largest absolute Gasteiger partial charge is 0.444 e. The van der Waals surface area contributed by atoms with Crippen LogP contribution < -0.4 is 11.1 Å². The quantitative estimate of drug-likeness (QED) is 0.112. The van der Waals surface area contributed by atoms with Gasteiger partial charge in [0.25, 0.3) is 11.8 Å². The summed E-state index contributed by atoms with van der Waals surface area (Å²) in [4.78, 5) is 25.6. The lowest BCUT2D eigenvalue weighted by molar-refractivity contribution is 0.0486. The number of nitrogen functional groups attached to an aromatic ring is 1. The summed E-state index contributed by atoms with van der Waals surface area (Å²) in [5, 5.41) is 22.5. The van der Waals surface area contributed by atoms with Gasteiger partial charge in [-0.15, -0.1) is 10.2 Å². The van der Waals surface area contributed by atoms with Gasteiger partial charge in [-0.1, -0.05) is 54.6 Å². The first-order chi connectivity index (χ1) is 21.1. The number of nitrogens with one attached hydrogen (secondary N) is 2. The van der Waals surface area contributed by atoms with Gasteiger partial charge in [0.05, 0.1) is 0 Å². The Labute approximate surface area is 255 Å². The van der Waals surface area contributed by atoms with E-state index in [1.54, 1.807) is 0 Å². The number of Topliss-reactive ketones (excluding diaryl/α,β-unsaturated/α-hetero) is 1. The number of amides is 1. The average Bonchev–Trinajstić information content (AvgIpc) is 3.61. The second-order valence-electron chi connectivity index (χ2n) is 12.4. The van der Waals surface area contributed by atoms with Gasteiger partial charge in [-0.3, -0.25) is 10.2 Å². The molecule has 0 unspecified atom stereocenters. The number of fused-ring (bicyclic) bond motifs is 2. The number of aromatic nitrogens is 3. The number of alkyl carbamates (subject to hydrolysis) is 1. The van der Waals surface area contributed by atoms with Crippen molar-refractivity contribution in [1.29, 1.82) is 5.41 Å². The van der Waals surface area contributed by atoms with E-state index < -0.39 is 11.7 Å². The predicted molar refractivity (Wildman–Crippen MR) is 169 cm³/mol. The Morgan fingerprint density at radius 1 is 1.00 bits per heavy atom. The van der Waals surface area contributed by atoms with Crippen LogP contribution in [-0.2, 0) is 11.3 Å². The standard InChI is InChI=1S/C34H36N6O4/c1-34(2,3)44-33(42)37-25-15-13-21(14-16-25)29(41)32-39-38-31(43-32)28-17-22-11-12-23(30(35)36)18-27(22)40(28)19-24-9-6-8-20-7-4-5-10-26(20)24/h4-12,17-18,21,25H,13-16,19H2,1-3H3,(H3,35,36)(H,37,42)/t21-,25-. The van der Waals surface area contributed by atoms with Gasteiger partial charge in [0.15, 0.2) is 0 Å². The number of nitrogens with zero attached hydrogens (tertiary/aromatic N) is 3. The minimum absolute atomic E-state index is 0.0186. The smallest absolute Gasteiger partial charge is 0.407 e. The zero-order valence-corrected chi connectivity index (χ0v) is 25.1. The van der Waals surface area contributed by atoms with Gasteiger partial charge in [-0.05, 0) is 74.9 Å². The van der Waals surface area contributed by atoms with E-state index in [1.807, 2.05) is 63.2 Å². The minimum atomic E-state index is -0.566. The zero-order chi connectivity index (χ0) is 31.0. The van der Waals surface area contributed by atoms with E-state index in [4.69, 9.17) is 20.3 Å². The highest BCUT2D eigenvalue weighted by atomic mass is 16.6. The van der Waals surface area contributed by atoms with Crippen LogP contribution in [-0.4, -0.2) is 44.1 Å². The summed E-state index contributed by atoms with van der Waals surface area (Å²) in [6.45, 7) is 5.98. The van der Waals surface area contributed by atoms with Crippen molar-refractivity contribution in [3.63, 3.8) is 0 Å². The molecule has 2 heterocycles. The van der Waals surface area contributed by atoms with Gasteiger partial charge in [0.2, 0.25) is 5.78 Å². The topological polar surface area (TPSA) is 149 Å². The molecule has 1 saturated carbocycles. The molecule has 0 atom stereocenters. The Balaban J connectivity index is 1.26. The van der Waals surface area contributed by atoms with Crippen LogP contribution in [0.25, 0.3) is 33.3 Å². The van der Waals surface area contributed by atoms with Crippen LogP contribution in [0.4, 0.5) is 4.79 Å². The summed E-state index contributed by atoms with van der Waals surface area (Å²) in [6, 6.07) is 21.9. The van der Waals surface area contributed by atoms with Gasteiger partial charge >= 0.3 is 6.09 Å². The summed E-state index contributed by atoms with van der Waals surface area (Å²) in [6.07, 6.45) is 2.09. The first-order valence-electron chi connectivity index (χ1n) is 14.9. The number of nitrogens with two attached hydrogens (primary N) is 1. The van der Waals surface area contributed by atoms with Gasteiger partial charge in [-0.25, -0.2) is 4.79 Å². The summed E-state index contributed by atoms with van der Waals surface area (Å²) in [7, 11) is 0. The third kappa shape index (κ3) is 6.06. The summed E-state index contributed by atoms with van der Waals surface area (Å²) < 4.78 is 13.5. The van der Waals surface area contributed by atoms with Crippen LogP contribution in [0.5, 0.6) is 0 Å². The molecule has 0 saturated heterocycles. The predicted octanol–water partition coefficient (Wildman–Crippen LogP) is 6.44. The molecule has 10 heteroatoms. The molecule has 0 radical (unpaired) electrons. The highest BCUT2D eigenvalue weighted by molar-refractivity contribution is 5.99. The summed E-state index contributed by atoms with van der Waals surface area (Å²) in [5.74, 6) is -0.243. The Morgan fingerprint density at radius 3 is 2.50 bits per heavy atom. The number of amidine groups is 1. The monoisotopic (exact) mass is 592 g/mol. The van der Waals surface area contributed by atoms with Crippen molar-refractivity contribution in [2.75, 3.05) is 0 Å². The normalized spacial score (nSPS) is 17.1. The molecule has 0 spiro atoms. The maximum absolute atomic E-state index is 13.4. The number of carbonyl (C=O) groups excluding carboxylic acids is 2. The maximum atomic E-state index is 13.4. The molecule has 2 aromatic heterocycles. The van der Waals surface area contributed by atoms with E-state index in [2.05, 4.69) is 44.3 Å². The molecule has 44 heavy (non-hydrogen) atoms. The lowest BCUT2D eigenvalue weighted by Gasteiger charge is -2.28. The van der Waals surface area contributed by atoms with Gasteiger partial charge in [-0.2, -0.15) is 0 Å². The van der Waals surface area contributed by atoms with E-state index in [0.717, 1.165) is 27.2 Å². The molecule has 3 aromatic carbocycles. The van der Waals surface area contributed by atoms with Crippen LogP contribution in [0.2, 0.25) is 0 Å². The highest BCUT2D eigenvalue weighted by Gasteiger charge is 2.32. The fourth-order valence-electron chi connectivity index (χ4n) is 5.95. The second kappa shape index (κ2) is 11.6. The second-order valence-corrected chi connectivity index (χ2v) is 12.4. The zero-order valence-electron chi connectivity index (χ0n) is 25.1. The average molecular weight is 593 g/mol. The Hall–Kier alpha value is -4.99. The molecule has 0 bridgehead atoms. The number of carbonyl (C=O) groups is 2. The number of ether oxygens (including phenoxy) is 1. The van der Waals surface area contributed by atoms with Gasteiger partial charge in [0.1, 0.15) is 17.1 Å². The fourth-order valence-corrected chi connectivity index (χ4v) is 5.95. The van der Waals surface area contributed by atoms with Crippen molar-refractivity contribution in [2.24, 2.45) is 11.7 Å². The Kier molecular flexibility index (Phi) is 7.67. The molecule has 1 fully saturated rings. The first-order valence-corrected chi connectivity index (χ1v) is 14.9. The molecule has 1 aliphatic rings. The molecular formula is C34H36N6O4. The molecule has 10 nitrogen and oxygen atoms in total. The molecular weight excluding hydrogens is 556 g/mol. The number of rotatable bonds is 7. The van der Waals surface area contributed by atoms with E-state index in [1.165, 1.54) is 0 Å². The van der Waals surface area contributed by atoms with Crippen molar-refractivity contribution in [2.45, 2.75) is 64.6 Å². The lowest BCUT2D eigenvalue weighted by atomic mass is 9.83.